The molecule has 1 N–H and O–H groups in total. The molecule has 1 aliphatic rings. The molecule has 7 nitrogen and oxygen atoms in total. The molecule has 1 atom stereocenters. The van der Waals surface area contributed by atoms with Crippen molar-refractivity contribution in [2.75, 3.05) is 13.1 Å². The van der Waals surface area contributed by atoms with Crippen LogP contribution in [0.3, 0.4) is 0 Å². The molecule has 0 aliphatic carbocycles. The molecule has 0 radical (unpaired) electrons. The van der Waals surface area contributed by atoms with E-state index in [4.69, 9.17) is 0 Å². The molecule has 7 heteroatoms. The van der Waals surface area contributed by atoms with Gasteiger partial charge in [-0.25, -0.2) is 19.4 Å². The molecule has 1 saturated heterocycles. The summed E-state index contributed by atoms with van der Waals surface area (Å²) < 4.78 is 3.85. The van der Waals surface area contributed by atoms with Crippen LogP contribution < -0.4 is 5.69 Å². The van der Waals surface area contributed by atoms with E-state index in [0.29, 0.717) is 0 Å². The summed E-state index contributed by atoms with van der Waals surface area (Å²) >= 11 is 0. The van der Waals surface area contributed by atoms with E-state index in [1.54, 1.807) is 4.57 Å². The van der Waals surface area contributed by atoms with Crippen molar-refractivity contribution in [2.24, 2.45) is 7.05 Å². The van der Waals surface area contributed by atoms with Crippen molar-refractivity contribution >= 4 is 0 Å². The van der Waals surface area contributed by atoms with Gasteiger partial charge in [-0.1, -0.05) is 18.2 Å². The molecular weight excluding hydrogens is 328 g/mol. The molecular formula is C19H24N6O. The van der Waals surface area contributed by atoms with Gasteiger partial charge in [0.25, 0.3) is 0 Å². The number of hydrogen-bond acceptors (Lipinski definition) is 4. The quantitative estimate of drug-likeness (QED) is 0.779. The van der Waals surface area contributed by atoms with Crippen LogP contribution in [0.5, 0.6) is 0 Å². The van der Waals surface area contributed by atoms with Crippen molar-refractivity contribution in [1.82, 2.24) is 29.2 Å². The lowest BCUT2D eigenvalue weighted by Crippen LogP contribution is -2.35. The van der Waals surface area contributed by atoms with Crippen molar-refractivity contribution in [3.05, 3.63) is 64.4 Å². The van der Waals surface area contributed by atoms with Gasteiger partial charge in [0.15, 0.2) is 0 Å². The lowest BCUT2D eigenvalue weighted by molar-refractivity contribution is 0.192. The van der Waals surface area contributed by atoms with E-state index < -0.39 is 0 Å². The second-order valence-corrected chi connectivity index (χ2v) is 6.99. The fourth-order valence-corrected chi connectivity index (χ4v) is 3.74. The van der Waals surface area contributed by atoms with E-state index in [0.717, 1.165) is 49.8 Å². The van der Waals surface area contributed by atoms with Crippen LogP contribution in [0.2, 0.25) is 0 Å². The van der Waals surface area contributed by atoms with Gasteiger partial charge in [0.2, 0.25) is 0 Å². The number of benzene rings is 1. The summed E-state index contributed by atoms with van der Waals surface area (Å²) in [4.78, 5) is 19.1. The maximum absolute atomic E-state index is 12.3. The number of imidazole rings is 1. The molecule has 1 fully saturated rings. The third-order valence-corrected chi connectivity index (χ3v) is 5.29. The van der Waals surface area contributed by atoms with Crippen LogP contribution in [0.25, 0.3) is 5.69 Å². The SMILES string of the molecule is Cc1ncc(CN2CCC[C@H](c3n[nH]c(=O)n3-c3ccccc3)C2)n1C. The average molecular weight is 352 g/mol. The Morgan fingerprint density at radius 2 is 2.08 bits per heavy atom. The fourth-order valence-electron chi connectivity index (χ4n) is 3.74. The predicted molar refractivity (Wildman–Crippen MR) is 99.4 cm³/mol. The predicted octanol–water partition coefficient (Wildman–Crippen LogP) is 1.98. The number of aromatic nitrogens is 5. The maximum Gasteiger partial charge on any atom is 0.347 e. The maximum atomic E-state index is 12.3. The highest BCUT2D eigenvalue weighted by Gasteiger charge is 2.27. The van der Waals surface area contributed by atoms with Crippen LogP contribution in [0.1, 0.15) is 36.1 Å². The highest BCUT2D eigenvalue weighted by atomic mass is 16.1. The van der Waals surface area contributed by atoms with Gasteiger partial charge < -0.3 is 4.57 Å². The Kier molecular flexibility index (Phi) is 4.46. The van der Waals surface area contributed by atoms with E-state index in [2.05, 4.69) is 31.7 Å². The van der Waals surface area contributed by atoms with Gasteiger partial charge in [0.1, 0.15) is 11.6 Å². The molecule has 0 bridgehead atoms. The standard InChI is InChI=1S/C19H24N6O/c1-14-20-11-17(23(14)2)13-24-10-6-7-15(12-24)18-21-22-19(26)25(18)16-8-4-3-5-9-16/h3-5,8-9,11,15H,6-7,10,12-13H2,1-2H3,(H,22,26)/t15-/m0/s1. The van der Waals surface area contributed by atoms with Crippen LogP contribution in [0.4, 0.5) is 0 Å². The number of H-pyrrole nitrogens is 1. The first-order valence-corrected chi connectivity index (χ1v) is 9.06. The van der Waals surface area contributed by atoms with Crippen molar-refractivity contribution in [1.29, 1.82) is 0 Å². The lowest BCUT2D eigenvalue weighted by atomic mass is 9.97. The summed E-state index contributed by atoms with van der Waals surface area (Å²) in [7, 11) is 2.06. The number of aromatic amines is 1. The molecule has 3 aromatic rings. The molecule has 136 valence electrons. The van der Waals surface area contributed by atoms with Gasteiger partial charge in [-0.2, -0.15) is 5.10 Å². The monoisotopic (exact) mass is 352 g/mol. The Bertz CT molecular complexity index is 939. The van der Waals surface area contributed by atoms with Crippen LogP contribution in [0, 0.1) is 6.92 Å². The minimum Gasteiger partial charge on any atom is -0.334 e. The summed E-state index contributed by atoms with van der Waals surface area (Å²) in [5.74, 6) is 2.09. The summed E-state index contributed by atoms with van der Waals surface area (Å²) in [6, 6.07) is 9.72. The Balaban J connectivity index is 1.57. The van der Waals surface area contributed by atoms with Gasteiger partial charge in [0, 0.05) is 32.3 Å². The van der Waals surface area contributed by atoms with Crippen molar-refractivity contribution < 1.29 is 0 Å². The van der Waals surface area contributed by atoms with E-state index >= 15 is 0 Å². The number of rotatable bonds is 4. The summed E-state index contributed by atoms with van der Waals surface area (Å²) in [6.07, 6.45) is 4.09. The first-order valence-electron chi connectivity index (χ1n) is 9.06. The van der Waals surface area contributed by atoms with Gasteiger partial charge in [-0.15, -0.1) is 0 Å². The summed E-state index contributed by atoms with van der Waals surface area (Å²) in [5.41, 5.74) is 1.90. The molecule has 1 aliphatic heterocycles. The molecule has 3 heterocycles. The van der Waals surface area contributed by atoms with Gasteiger partial charge in [-0.3, -0.25) is 4.90 Å². The van der Waals surface area contributed by atoms with E-state index in [9.17, 15) is 4.79 Å². The molecule has 4 rings (SSSR count). The average Bonchev–Trinajstić information content (AvgIpc) is 3.20. The minimum absolute atomic E-state index is 0.175. The van der Waals surface area contributed by atoms with Gasteiger partial charge >= 0.3 is 5.69 Å². The molecule has 2 aromatic heterocycles. The number of likely N-dealkylation sites (tertiary alicyclic amines) is 1. The van der Waals surface area contributed by atoms with Gasteiger partial charge in [0.05, 0.1) is 11.4 Å². The third-order valence-electron chi connectivity index (χ3n) is 5.29. The topological polar surface area (TPSA) is 71.7 Å². The Morgan fingerprint density at radius 3 is 2.81 bits per heavy atom. The minimum atomic E-state index is -0.175. The van der Waals surface area contributed by atoms with Crippen molar-refractivity contribution in [3.8, 4) is 5.69 Å². The zero-order valence-corrected chi connectivity index (χ0v) is 15.2. The van der Waals surface area contributed by atoms with Crippen molar-refractivity contribution in [3.63, 3.8) is 0 Å². The van der Waals surface area contributed by atoms with Crippen LogP contribution in [-0.4, -0.2) is 42.3 Å². The normalized spacial score (nSPS) is 18.3. The van der Waals surface area contributed by atoms with Gasteiger partial charge in [-0.05, 0) is 38.4 Å². The number of nitrogens with one attached hydrogen (secondary N) is 1. The van der Waals surface area contributed by atoms with Crippen LogP contribution >= 0.6 is 0 Å². The molecule has 0 amide bonds. The van der Waals surface area contributed by atoms with E-state index in [1.165, 1.54) is 5.69 Å². The summed E-state index contributed by atoms with van der Waals surface area (Å²) in [5, 5.41) is 6.99. The third kappa shape index (κ3) is 3.10. The highest BCUT2D eigenvalue weighted by Crippen LogP contribution is 2.27. The number of piperidine rings is 1. The first-order chi connectivity index (χ1) is 12.6. The van der Waals surface area contributed by atoms with Crippen molar-refractivity contribution in [2.45, 2.75) is 32.2 Å². The van der Waals surface area contributed by atoms with E-state index in [1.807, 2.05) is 43.5 Å². The van der Waals surface area contributed by atoms with E-state index in [-0.39, 0.29) is 11.6 Å². The number of hydrogen-bond donors (Lipinski definition) is 1. The first kappa shape index (κ1) is 16.8. The largest absolute Gasteiger partial charge is 0.347 e. The molecule has 26 heavy (non-hydrogen) atoms. The number of nitrogens with zero attached hydrogens (tertiary/aromatic N) is 5. The van der Waals surface area contributed by atoms with Crippen LogP contribution in [-0.2, 0) is 13.6 Å². The molecule has 0 spiro atoms. The second-order valence-electron chi connectivity index (χ2n) is 6.99. The lowest BCUT2D eigenvalue weighted by Gasteiger charge is -2.32. The number of para-hydroxylation sites is 1. The molecule has 0 unspecified atom stereocenters. The Hall–Kier alpha value is -2.67. The van der Waals surface area contributed by atoms with Crippen LogP contribution in [0.15, 0.2) is 41.3 Å². The zero-order valence-electron chi connectivity index (χ0n) is 15.2. The summed E-state index contributed by atoms with van der Waals surface area (Å²) in [6.45, 7) is 4.83. The molecule has 1 aromatic carbocycles. The zero-order chi connectivity index (χ0) is 18.1. The molecule has 0 saturated carbocycles. The smallest absolute Gasteiger partial charge is 0.334 e. The number of aryl methyl sites for hydroxylation is 1. The second kappa shape index (κ2) is 6.92. The highest BCUT2D eigenvalue weighted by molar-refractivity contribution is 5.32. The Morgan fingerprint density at radius 1 is 1.27 bits per heavy atom. The Labute approximate surface area is 152 Å². The fraction of sp³-hybridized carbons (Fsp3) is 0.421.